The molecule has 0 radical (unpaired) electrons. The van der Waals surface area contributed by atoms with E-state index in [0.717, 1.165) is 44.6 Å². The summed E-state index contributed by atoms with van der Waals surface area (Å²) < 4.78 is 26.3. The van der Waals surface area contributed by atoms with Crippen molar-refractivity contribution in [3.05, 3.63) is 41.6 Å². The highest BCUT2D eigenvalue weighted by atomic mass is 19.2. The van der Waals surface area contributed by atoms with E-state index in [1.165, 1.54) is 12.3 Å². The lowest BCUT2D eigenvalue weighted by Crippen LogP contribution is -2.37. The molecule has 1 aliphatic heterocycles. The monoisotopic (exact) mass is 338 g/mol. The first-order chi connectivity index (χ1) is 11.5. The number of anilines is 1. The lowest BCUT2D eigenvalue weighted by molar-refractivity contribution is 0.174. The number of aliphatic hydroxyl groups excluding tert-OH is 1. The number of hydrogen-bond donors (Lipinski definition) is 4. The van der Waals surface area contributed by atoms with Crippen LogP contribution < -0.4 is 16.0 Å². The minimum Gasteiger partial charge on any atom is -0.404 e. The Bertz CT molecular complexity index is 586. The van der Waals surface area contributed by atoms with Crippen LogP contribution in [-0.2, 0) is 0 Å². The summed E-state index contributed by atoms with van der Waals surface area (Å²) in [5.41, 5.74) is 6.37. The first-order valence-corrected chi connectivity index (χ1v) is 8.09. The van der Waals surface area contributed by atoms with Crippen molar-refractivity contribution in [1.29, 1.82) is 5.41 Å². The largest absolute Gasteiger partial charge is 0.404 e. The Morgan fingerprint density at radius 3 is 2.67 bits per heavy atom. The van der Waals surface area contributed by atoms with Gasteiger partial charge in [0.25, 0.3) is 0 Å². The molecule has 5 nitrogen and oxygen atoms in total. The van der Waals surface area contributed by atoms with Crippen molar-refractivity contribution in [2.45, 2.75) is 25.5 Å². The number of aliphatic hydroxyl groups is 1. The molecule has 1 unspecified atom stereocenters. The number of halogens is 2. The maximum Gasteiger partial charge on any atom is 0.160 e. The van der Waals surface area contributed by atoms with Gasteiger partial charge >= 0.3 is 0 Å². The smallest absolute Gasteiger partial charge is 0.160 e. The summed E-state index contributed by atoms with van der Waals surface area (Å²) in [6, 6.07) is 4.01. The molecular formula is C17H24F2N4O. The van der Waals surface area contributed by atoms with E-state index >= 15 is 0 Å². The highest BCUT2D eigenvalue weighted by Crippen LogP contribution is 2.26. The second-order valence-electron chi connectivity index (χ2n) is 5.99. The topological polar surface area (TPSA) is 85.4 Å². The number of rotatable bonds is 7. The molecule has 0 aliphatic carbocycles. The van der Waals surface area contributed by atoms with Crippen LogP contribution in [0.3, 0.4) is 0 Å². The third-order valence-electron chi connectivity index (χ3n) is 4.45. The Balaban J connectivity index is 1.75. The SMILES string of the molecule is N=C/C(=C\N)C(O)NCCC1CCN(c2ccc(F)c(F)c2)CC1. The van der Waals surface area contributed by atoms with Crippen LogP contribution in [-0.4, -0.2) is 37.2 Å². The molecule has 1 saturated heterocycles. The molecule has 1 fully saturated rings. The van der Waals surface area contributed by atoms with Gasteiger partial charge in [0.15, 0.2) is 11.6 Å². The van der Waals surface area contributed by atoms with Gasteiger partial charge in [-0.2, -0.15) is 0 Å². The third-order valence-corrected chi connectivity index (χ3v) is 4.45. The molecule has 1 heterocycles. The standard InChI is InChI=1S/C17H24F2N4O/c18-15-2-1-14(9-16(15)19)23-7-4-12(5-8-23)3-6-22-17(24)13(10-20)11-21/h1-2,9-12,17,20,22,24H,3-8,21H2/b13-11+,20-10?. The van der Waals surface area contributed by atoms with Crippen LogP contribution in [0.25, 0.3) is 0 Å². The van der Waals surface area contributed by atoms with E-state index < -0.39 is 17.9 Å². The fourth-order valence-electron chi connectivity index (χ4n) is 2.92. The summed E-state index contributed by atoms with van der Waals surface area (Å²) in [5.74, 6) is -1.13. The summed E-state index contributed by atoms with van der Waals surface area (Å²) >= 11 is 0. The van der Waals surface area contributed by atoms with Crippen LogP contribution in [0.15, 0.2) is 30.0 Å². The Morgan fingerprint density at radius 1 is 1.38 bits per heavy atom. The van der Waals surface area contributed by atoms with Gasteiger partial charge in [0.05, 0.1) is 0 Å². The number of nitrogens with one attached hydrogen (secondary N) is 2. The number of benzene rings is 1. The Morgan fingerprint density at radius 2 is 2.08 bits per heavy atom. The molecular weight excluding hydrogens is 314 g/mol. The van der Waals surface area contributed by atoms with Gasteiger partial charge in [0.2, 0.25) is 0 Å². The molecule has 1 aromatic carbocycles. The van der Waals surface area contributed by atoms with Gasteiger partial charge in [-0.25, -0.2) is 8.78 Å². The average molecular weight is 338 g/mol. The third kappa shape index (κ3) is 4.75. The van der Waals surface area contributed by atoms with Crippen LogP contribution in [0.1, 0.15) is 19.3 Å². The van der Waals surface area contributed by atoms with Gasteiger partial charge in [-0.3, -0.25) is 5.32 Å². The number of nitrogens with zero attached hydrogens (tertiary/aromatic N) is 1. The second kappa shape index (κ2) is 8.75. The van der Waals surface area contributed by atoms with Crippen LogP contribution in [0.4, 0.5) is 14.5 Å². The van der Waals surface area contributed by atoms with Crippen LogP contribution in [0.2, 0.25) is 0 Å². The van der Waals surface area contributed by atoms with Crippen molar-refractivity contribution in [2.24, 2.45) is 11.7 Å². The van der Waals surface area contributed by atoms with Crippen LogP contribution >= 0.6 is 0 Å². The molecule has 0 aromatic heterocycles. The minimum absolute atomic E-state index is 0.336. The summed E-state index contributed by atoms with van der Waals surface area (Å²) in [4.78, 5) is 2.06. The van der Waals surface area contributed by atoms with Crippen LogP contribution in [0.5, 0.6) is 0 Å². The highest BCUT2D eigenvalue weighted by molar-refractivity contribution is 5.76. The lowest BCUT2D eigenvalue weighted by atomic mass is 9.93. The normalized spacial score (nSPS) is 17.8. The molecule has 1 atom stereocenters. The molecule has 0 bridgehead atoms. The van der Waals surface area contributed by atoms with E-state index in [9.17, 15) is 13.9 Å². The molecule has 5 N–H and O–H groups in total. The Hall–Kier alpha value is -1.99. The van der Waals surface area contributed by atoms with E-state index in [4.69, 9.17) is 11.1 Å². The van der Waals surface area contributed by atoms with Gasteiger partial charge in [-0.05, 0) is 43.9 Å². The summed E-state index contributed by atoms with van der Waals surface area (Å²) in [6.07, 6.45) is 4.14. The van der Waals surface area contributed by atoms with E-state index in [1.807, 2.05) is 0 Å². The predicted molar refractivity (Wildman–Crippen MR) is 91.0 cm³/mol. The van der Waals surface area contributed by atoms with E-state index in [-0.39, 0.29) is 0 Å². The molecule has 24 heavy (non-hydrogen) atoms. The first-order valence-electron chi connectivity index (χ1n) is 8.09. The fourth-order valence-corrected chi connectivity index (χ4v) is 2.92. The molecule has 1 aliphatic rings. The predicted octanol–water partition coefficient (Wildman–Crippen LogP) is 1.97. The molecule has 0 amide bonds. The van der Waals surface area contributed by atoms with Gasteiger partial charge in [-0.1, -0.05) is 0 Å². The zero-order chi connectivity index (χ0) is 17.5. The minimum atomic E-state index is -0.922. The van der Waals surface area contributed by atoms with Crippen molar-refractivity contribution in [3.63, 3.8) is 0 Å². The van der Waals surface area contributed by atoms with Gasteiger partial charge in [-0.15, -0.1) is 0 Å². The quantitative estimate of drug-likeness (QED) is 0.452. The molecule has 1 aromatic rings. The van der Waals surface area contributed by atoms with Crippen molar-refractivity contribution < 1.29 is 13.9 Å². The van der Waals surface area contributed by atoms with E-state index in [2.05, 4.69) is 10.2 Å². The fraction of sp³-hybridized carbons (Fsp3) is 0.471. The van der Waals surface area contributed by atoms with Gasteiger partial charge in [0, 0.05) is 42.8 Å². The zero-order valence-electron chi connectivity index (χ0n) is 13.5. The first kappa shape index (κ1) is 18.4. The van der Waals surface area contributed by atoms with E-state index in [1.54, 1.807) is 6.07 Å². The van der Waals surface area contributed by atoms with Gasteiger partial charge in [0.1, 0.15) is 6.23 Å². The maximum absolute atomic E-state index is 13.3. The van der Waals surface area contributed by atoms with Crippen molar-refractivity contribution >= 4 is 11.9 Å². The molecule has 132 valence electrons. The Labute approximate surface area is 140 Å². The summed E-state index contributed by atoms with van der Waals surface area (Å²) in [5, 5.41) is 19.9. The lowest BCUT2D eigenvalue weighted by Gasteiger charge is -2.34. The summed E-state index contributed by atoms with van der Waals surface area (Å²) in [7, 11) is 0. The van der Waals surface area contributed by atoms with Gasteiger partial charge < -0.3 is 21.1 Å². The average Bonchev–Trinajstić information content (AvgIpc) is 2.59. The van der Waals surface area contributed by atoms with Crippen LogP contribution in [0, 0.1) is 23.0 Å². The highest BCUT2D eigenvalue weighted by Gasteiger charge is 2.20. The van der Waals surface area contributed by atoms with Crippen molar-refractivity contribution in [3.8, 4) is 0 Å². The molecule has 0 saturated carbocycles. The van der Waals surface area contributed by atoms with E-state index in [0.29, 0.717) is 23.7 Å². The summed E-state index contributed by atoms with van der Waals surface area (Å²) in [6.45, 7) is 2.22. The number of piperidine rings is 1. The Kier molecular flexibility index (Phi) is 6.69. The zero-order valence-corrected chi connectivity index (χ0v) is 13.5. The molecule has 2 rings (SSSR count). The maximum atomic E-state index is 13.3. The van der Waals surface area contributed by atoms with Crippen molar-refractivity contribution in [2.75, 3.05) is 24.5 Å². The molecule has 0 spiro atoms. The number of nitrogens with two attached hydrogens (primary N) is 1. The van der Waals surface area contributed by atoms with Crippen molar-refractivity contribution in [1.82, 2.24) is 5.32 Å². The molecule has 7 heteroatoms. The number of hydrogen-bond acceptors (Lipinski definition) is 5. The second-order valence-corrected chi connectivity index (χ2v) is 5.99.